The van der Waals surface area contributed by atoms with E-state index in [0.717, 1.165) is 25.7 Å². The fourth-order valence-corrected chi connectivity index (χ4v) is 4.34. The van der Waals surface area contributed by atoms with Gasteiger partial charge in [0.05, 0.1) is 33.6 Å². The minimum Gasteiger partial charge on any atom is -0.497 e. The molecule has 0 bridgehead atoms. The minimum absolute atomic E-state index is 0.119. The average Bonchev–Trinajstić information content (AvgIpc) is 3.26. The van der Waals surface area contributed by atoms with Gasteiger partial charge in [-0.2, -0.15) is 0 Å². The molecule has 1 aromatic heterocycles. The van der Waals surface area contributed by atoms with Gasteiger partial charge in [-0.25, -0.2) is 14.6 Å². The zero-order valence-electron chi connectivity index (χ0n) is 17.5. The van der Waals surface area contributed by atoms with Gasteiger partial charge in [-0.1, -0.05) is 19.3 Å². The molecule has 1 heterocycles. The maximum atomic E-state index is 13.2. The molecule has 162 valence electrons. The molecule has 3 rings (SSSR count). The van der Waals surface area contributed by atoms with Gasteiger partial charge in [0.15, 0.2) is 5.69 Å². The molecule has 1 fully saturated rings. The summed E-state index contributed by atoms with van der Waals surface area (Å²) in [6.45, 7) is 0.330. The number of carbonyl (C=O) groups excluding carboxylic acids is 2. The van der Waals surface area contributed by atoms with E-state index in [2.05, 4.69) is 10.3 Å². The average molecular weight is 434 g/mol. The van der Waals surface area contributed by atoms with Gasteiger partial charge in [0, 0.05) is 17.5 Å². The molecule has 2 aromatic rings. The number of methoxy groups -OCH3 is 3. The van der Waals surface area contributed by atoms with Gasteiger partial charge < -0.3 is 24.4 Å². The van der Waals surface area contributed by atoms with Crippen LogP contribution in [0.4, 0.5) is 10.5 Å². The SMILES string of the molecule is COC(=O)c1csc(CN(C(=O)Nc2ccc(OC)cc2OC)C2CCCCC2)n1. The van der Waals surface area contributed by atoms with Crippen molar-refractivity contribution in [3.63, 3.8) is 0 Å². The first kappa shape index (κ1) is 21.9. The van der Waals surface area contributed by atoms with Crippen LogP contribution >= 0.6 is 11.3 Å². The van der Waals surface area contributed by atoms with E-state index in [1.807, 2.05) is 4.90 Å². The second kappa shape index (κ2) is 10.3. The van der Waals surface area contributed by atoms with Crippen molar-refractivity contribution in [3.8, 4) is 11.5 Å². The van der Waals surface area contributed by atoms with Crippen molar-refractivity contribution < 1.29 is 23.8 Å². The Hall–Kier alpha value is -2.81. The molecular weight excluding hydrogens is 406 g/mol. The van der Waals surface area contributed by atoms with Crippen LogP contribution in [0, 0.1) is 0 Å². The summed E-state index contributed by atoms with van der Waals surface area (Å²) < 4.78 is 15.4. The number of ether oxygens (including phenoxy) is 3. The first-order valence-electron chi connectivity index (χ1n) is 9.88. The molecule has 1 aromatic carbocycles. The number of amides is 2. The monoisotopic (exact) mass is 433 g/mol. The normalized spacial score (nSPS) is 14.1. The fourth-order valence-electron chi connectivity index (χ4n) is 3.58. The second-order valence-corrected chi connectivity index (χ2v) is 7.98. The van der Waals surface area contributed by atoms with Gasteiger partial charge in [0.1, 0.15) is 16.5 Å². The summed E-state index contributed by atoms with van der Waals surface area (Å²) in [6, 6.07) is 5.15. The third-order valence-electron chi connectivity index (χ3n) is 5.18. The Bertz CT molecular complexity index is 879. The molecule has 0 saturated heterocycles. The van der Waals surface area contributed by atoms with Crippen LogP contribution in [0.25, 0.3) is 0 Å². The van der Waals surface area contributed by atoms with Gasteiger partial charge in [-0.15, -0.1) is 11.3 Å². The molecule has 0 atom stereocenters. The van der Waals surface area contributed by atoms with Crippen LogP contribution in [0.5, 0.6) is 11.5 Å². The molecule has 1 aliphatic rings. The highest BCUT2D eigenvalue weighted by atomic mass is 32.1. The van der Waals surface area contributed by atoms with E-state index in [-0.39, 0.29) is 17.8 Å². The van der Waals surface area contributed by atoms with E-state index in [4.69, 9.17) is 14.2 Å². The number of esters is 1. The summed E-state index contributed by atoms with van der Waals surface area (Å²) in [5, 5.41) is 5.31. The van der Waals surface area contributed by atoms with E-state index >= 15 is 0 Å². The highest BCUT2D eigenvalue weighted by Gasteiger charge is 2.27. The van der Waals surface area contributed by atoms with E-state index < -0.39 is 5.97 Å². The van der Waals surface area contributed by atoms with Gasteiger partial charge in [0.25, 0.3) is 0 Å². The molecule has 1 saturated carbocycles. The van der Waals surface area contributed by atoms with Crippen molar-refractivity contribution in [2.24, 2.45) is 0 Å². The molecule has 9 heteroatoms. The standard InChI is InChI=1S/C21H27N3O5S/c1-27-15-9-10-16(18(11-15)28-2)23-21(26)24(14-7-5-4-6-8-14)12-19-22-17(13-30-19)20(25)29-3/h9-11,13-14H,4-8,12H2,1-3H3,(H,23,26). The van der Waals surface area contributed by atoms with Crippen molar-refractivity contribution in [2.45, 2.75) is 44.7 Å². The number of nitrogens with zero attached hydrogens (tertiary/aromatic N) is 2. The lowest BCUT2D eigenvalue weighted by Crippen LogP contribution is -2.43. The largest absolute Gasteiger partial charge is 0.497 e. The van der Waals surface area contributed by atoms with Crippen molar-refractivity contribution in [1.29, 1.82) is 0 Å². The van der Waals surface area contributed by atoms with Gasteiger partial charge in [-0.05, 0) is 25.0 Å². The molecule has 1 N–H and O–H groups in total. The predicted octanol–water partition coefficient (Wildman–Crippen LogP) is 4.31. The van der Waals surface area contributed by atoms with Crippen LogP contribution < -0.4 is 14.8 Å². The van der Waals surface area contributed by atoms with Gasteiger partial charge in [-0.3, -0.25) is 0 Å². The predicted molar refractivity (Wildman–Crippen MR) is 114 cm³/mol. The van der Waals surface area contributed by atoms with E-state index in [0.29, 0.717) is 28.7 Å². The molecule has 0 radical (unpaired) electrons. The van der Waals surface area contributed by atoms with Crippen LogP contribution in [0.2, 0.25) is 0 Å². The summed E-state index contributed by atoms with van der Waals surface area (Å²) in [5.41, 5.74) is 0.830. The molecule has 8 nitrogen and oxygen atoms in total. The second-order valence-electron chi connectivity index (χ2n) is 7.03. The number of urea groups is 1. The number of thiazole rings is 1. The van der Waals surface area contributed by atoms with Crippen molar-refractivity contribution >= 4 is 29.0 Å². The lowest BCUT2D eigenvalue weighted by molar-refractivity contribution is 0.0594. The summed E-state index contributed by atoms with van der Waals surface area (Å²) in [5.74, 6) is 0.690. The van der Waals surface area contributed by atoms with E-state index in [9.17, 15) is 9.59 Å². The molecule has 0 unspecified atom stereocenters. The number of aromatic nitrogens is 1. The Balaban J connectivity index is 1.80. The zero-order valence-corrected chi connectivity index (χ0v) is 18.3. The van der Waals surface area contributed by atoms with E-state index in [1.165, 1.54) is 24.9 Å². The Morgan fingerprint density at radius 2 is 1.93 bits per heavy atom. The third-order valence-corrected chi connectivity index (χ3v) is 6.01. The lowest BCUT2D eigenvalue weighted by Gasteiger charge is -2.34. The topological polar surface area (TPSA) is 90.0 Å². The molecule has 2 amide bonds. The number of rotatable bonds is 7. The number of carbonyl (C=O) groups is 2. The Kier molecular flexibility index (Phi) is 7.51. The van der Waals surface area contributed by atoms with Crippen LogP contribution in [0.15, 0.2) is 23.6 Å². The van der Waals surface area contributed by atoms with Gasteiger partial charge in [0.2, 0.25) is 0 Å². The van der Waals surface area contributed by atoms with Crippen molar-refractivity contribution in [3.05, 3.63) is 34.3 Å². The summed E-state index contributed by atoms with van der Waals surface area (Å²) >= 11 is 1.35. The number of hydrogen-bond donors (Lipinski definition) is 1. The summed E-state index contributed by atoms with van der Waals surface area (Å²) in [7, 11) is 4.45. The first-order chi connectivity index (χ1) is 14.5. The Morgan fingerprint density at radius 3 is 2.60 bits per heavy atom. The molecular formula is C21H27N3O5S. The number of benzene rings is 1. The number of hydrogen-bond acceptors (Lipinski definition) is 7. The van der Waals surface area contributed by atoms with Crippen LogP contribution in [-0.2, 0) is 11.3 Å². The highest BCUT2D eigenvalue weighted by Crippen LogP contribution is 2.31. The molecule has 1 aliphatic carbocycles. The van der Waals surface area contributed by atoms with Gasteiger partial charge >= 0.3 is 12.0 Å². The molecule has 0 aliphatic heterocycles. The highest BCUT2D eigenvalue weighted by molar-refractivity contribution is 7.09. The maximum absolute atomic E-state index is 13.2. The number of nitrogens with one attached hydrogen (secondary N) is 1. The van der Waals surface area contributed by atoms with Crippen molar-refractivity contribution in [1.82, 2.24) is 9.88 Å². The van der Waals surface area contributed by atoms with Crippen LogP contribution in [0.1, 0.15) is 47.6 Å². The Labute approximate surface area is 180 Å². The molecule has 0 spiro atoms. The smallest absolute Gasteiger partial charge is 0.357 e. The van der Waals surface area contributed by atoms with Crippen LogP contribution in [0.3, 0.4) is 0 Å². The fraction of sp³-hybridized carbons (Fsp3) is 0.476. The molecule has 30 heavy (non-hydrogen) atoms. The van der Waals surface area contributed by atoms with Crippen molar-refractivity contribution in [2.75, 3.05) is 26.6 Å². The maximum Gasteiger partial charge on any atom is 0.357 e. The van der Waals surface area contributed by atoms with E-state index in [1.54, 1.807) is 37.8 Å². The summed E-state index contributed by atoms with van der Waals surface area (Å²) in [4.78, 5) is 31.1. The first-order valence-corrected chi connectivity index (χ1v) is 10.8. The minimum atomic E-state index is -0.478. The third kappa shape index (κ3) is 5.21. The zero-order chi connectivity index (χ0) is 21.5. The summed E-state index contributed by atoms with van der Waals surface area (Å²) in [6.07, 6.45) is 5.25. The quantitative estimate of drug-likeness (QED) is 0.654. The van der Waals surface area contributed by atoms with Crippen LogP contribution in [-0.4, -0.2) is 49.3 Å². The lowest BCUT2D eigenvalue weighted by atomic mass is 9.94. The number of anilines is 1. The Morgan fingerprint density at radius 1 is 1.17 bits per heavy atom.